The van der Waals surface area contributed by atoms with Crippen molar-refractivity contribution in [3.63, 3.8) is 0 Å². The molecule has 6 heteroatoms. The third-order valence-corrected chi connectivity index (χ3v) is 21.9. The molecular weight excluding hydrogens is 1090 g/mol. The van der Waals surface area contributed by atoms with E-state index in [-0.39, 0.29) is 10.8 Å². The van der Waals surface area contributed by atoms with Crippen molar-refractivity contribution in [1.82, 2.24) is 0 Å². The Morgan fingerprint density at radius 3 is 1.21 bits per heavy atom. The summed E-state index contributed by atoms with van der Waals surface area (Å²) in [5.41, 5.74) is 22.0. The molecule has 3 heterocycles. The number of carbonyl (C=O) groups excluding carboxylic acids is 1. The zero-order valence-electron chi connectivity index (χ0n) is 49.5. The van der Waals surface area contributed by atoms with Gasteiger partial charge in [0.1, 0.15) is 0 Å². The molecule has 0 N–H and O–H groups in total. The van der Waals surface area contributed by atoms with E-state index < -0.39 is 0 Å². The molecular formula is C79H74N2OS3. The summed E-state index contributed by atoms with van der Waals surface area (Å²) < 4.78 is 0. The Kier molecular flexibility index (Phi) is 16.3. The lowest BCUT2D eigenvalue weighted by Gasteiger charge is -2.35. The molecule has 2 aliphatic carbocycles. The van der Waals surface area contributed by atoms with E-state index in [1.165, 1.54) is 143 Å². The fourth-order valence-corrected chi connectivity index (χ4v) is 17.3. The van der Waals surface area contributed by atoms with Gasteiger partial charge in [-0.15, -0.1) is 34.0 Å². The van der Waals surface area contributed by atoms with Crippen LogP contribution in [0.25, 0.3) is 63.3 Å². The second kappa shape index (κ2) is 24.6. The van der Waals surface area contributed by atoms with E-state index in [0.717, 1.165) is 64.5 Å². The largest absolute Gasteiger partial charge is 0.311 e. The van der Waals surface area contributed by atoms with Crippen molar-refractivity contribution in [2.24, 2.45) is 0 Å². The molecule has 85 heavy (non-hydrogen) atoms. The molecule has 0 aliphatic heterocycles. The van der Waals surface area contributed by atoms with E-state index in [1.54, 1.807) is 22.7 Å². The second-order valence-corrected chi connectivity index (χ2v) is 26.7. The van der Waals surface area contributed by atoms with Gasteiger partial charge in [0.05, 0.1) is 9.75 Å². The normalized spacial score (nSPS) is 13.3. The van der Waals surface area contributed by atoms with Crippen LogP contribution in [0.5, 0.6) is 0 Å². The minimum Gasteiger partial charge on any atom is -0.311 e. The lowest BCUT2D eigenvalue weighted by molar-refractivity contribution is 0.112. The molecule has 0 amide bonds. The van der Waals surface area contributed by atoms with Crippen LogP contribution in [0.1, 0.15) is 137 Å². The van der Waals surface area contributed by atoms with Gasteiger partial charge in [-0.2, -0.15) is 0 Å². The first-order valence-corrected chi connectivity index (χ1v) is 33.5. The van der Waals surface area contributed by atoms with Crippen molar-refractivity contribution >= 4 is 74.4 Å². The first-order valence-electron chi connectivity index (χ1n) is 31.1. The number of thiophene rings is 3. The van der Waals surface area contributed by atoms with Gasteiger partial charge < -0.3 is 9.80 Å². The number of nitrogens with zero attached hydrogens (tertiary/aromatic N) is 2. The van der Waals surface area contributed by atoms with Gasteiger partial charge in [0.2, 0.25) is 0 Å². The summed E-state index contributed by atoms with van der Waals surface area (Å²) in [7, 11) is 0. The van der Waals surface area contributed by atoms with Crippen molar-refractivity contribution in [3.05, 3.63) is 252 Å². The highest BCUT2D eigenvalue weighted by Gasteiger charge is 2.44. The summed E-state index contributed by atoms with van der Waals surface area (Å²) in [4.78, 5) is 23.4. The molecule has 0 radical (unpaired) electrons. The number of hydrogen-bond donors (Lipinski definition) is 0. The molecule has 0 saturated carbocycles. The molecule has 0 bridgehead atoms. The summed E-state index contributed by atoms with van der Waals surface area (Å²) in [5.74, 6) is 0. The van der Waals surface area contributed by atoms with Crippen LogP contribution in [-0.2, 0) is 10.8 Å². The van der Waals surface area contributed by atoms with Crippen molar-refractivity contribution < 1.29 is 4.79 Å². The van der Waals surface area contributed by atoms with Crippen molar-refractivity contribution in [2.45, 2.75) is 116 Å². The Hall–Kier alpha value is -7.87. The molecule has 0 unspecified atom stereocenters. The van der Waals surface area contributed by atoms with E-state index in [9.17, 15) is 4.79 Å². The van der Waals surface area contributed by atoms with Crippen LogP contribution in [0.3, 0.4) is 0 Å². The molecule has 11 aromatic rings. The standard InChI is InChI=1S/C79H74N2OS3/c1-5-9-47-78(48-10-6-2)69-29-21-19-27-64(69)66-42-39-61(51-71(66)78)81(62-40-43-67-65-28-20-22-30-70(65)79(49-11-7-3,50-12-8-4)72(67)52-62)60-37-33-56(34-38-60)76-53-68(77(85-76)75-46-45-74(84-75)73-44-41-63(54-82)83-73)55-31-35-59(36-32-55)80(57-23-15-13-16-24-57)58-25-17-14-18-26-58/h13-46,51-54H,5-12,47-50H2,1-4H3. The number of hydrogen-bond acceptors (Lipinski definition) is 6. The van der Waals surface area contributed by atoms with Crippen LogP contribution in [-0.4, -0.2) is 6.29 Å². The van der Waals surface area contributed by atoms with Gasteiger partial charge in [0.15, 0.2) is 6.29 Å². The minimum absolute atomic E-state index is 0.0395. The zero-order valence-corrected chi connectivity index (χ0v) is 51.9. The number of carbonyl (C=O) groups is 1. The lowest BCUT2D eigenvalue weighted by atomic mass is 9.70. The van der Waals surface area contributed by atoms with Gasteiger partial charge in [0.25, 0.3) is 0 Å². The van der Waals surface area contributed by atoms with E-state index in [4.69, 9.17) is 0 Å². The lowest BCUT2D eigenvalue weighted by Crippen LogP contribution is -2.26. The summed E-state index contributed by atoms with van der Waals surface area (Å²) in [6.07, 6.45) is 15.0. The molecule has 0 saturated heterocycles. The van der Waals surface area contributed by atoms with Gasteiger partial charge in [-0.25, -0.2) is 0 Å². The van der Waals surface area contributed by atoms with Crippen molar-refractivity contribution in [3.8, 4) is 63.3 Å². The highest BCUT2D eigenvalue weighted by Crippen LogP contribution is 2.58. The smallest absolute Gasteiger partial charge is 0.160 e. The molecule has 3 nitrogen and oxygen atoms in total. The predicted octanol–water partition coefficient (Wildman–Crippen LogP) is 24.6. The maximum absolute atomic E-state index is 11.8. The monoisotopic (exact) mass is 1160 g/mol. The topological polar surface area (TPSA) is 23.6 Å². The van der Waals surface area contributed by atoms with Crippen LogP contribution in [0.15, 0.2) is 224 Å². The van der Waals surface area contributed by atoms with E-state index >= 15 is 0 Å². The first-order chi connectivity index (χ1) is 41.9. The summed E-state index contributed by atoms with van der Waals surface area (Å²) in [6.45, 7) is 9.40. The Labute approximate surface area is 516 Å². The van der Waals surface area contributed by atoms with Crippen LogP contribution in [0.2, 0.25) is 0 Å². The SMILES string of the molecule is CCCCC1(CCCC)c2ccccc2-c2ccc(N(c3ccc(-c4cc(-c5ccc(N(c6ccccc6)c6ccccc6)cc5)c(-c5ccc(-c6ccc(C=O)s6)s5)s4)cc3)c3ccc4c(c3)C(CCCC)(CCCC)c3ccccc3-4)cc21. The first kappa shape index (κ1) is 56.3. The van der Waals surface area contributed by atoms with E-state index in [2.05, 4.69) is 256 Å². The second-order valence-electron chi connectivity index (χ2n) is 23.4. The summed E-state index contributed by atoms with van der Waals surface area (Å²) in [5, 5.41) is 0. The summed E-state index contributed by atoms with van der Waals surface area (Å²) in [6, 6.07) is 84.3. The number of aldehydes is 1. The molecule has 13 rings (SSSR count). The van der Waals surface area contributed by atoms with Crippen LogP contribution in [0.4, 0.5) is 34.1 Å². The maximum atomic E-state index is 11.8. The van der Waals surface area contributed by atoms with Crippen LogP contribution in [0, 0.1) is 0 Å². The molecule has 8 aromatic carbocycles. The van der Waals surface area contributed by atoms with E-state index in [1.807, 2.05) is 17.4 Å². The third-order valence-electron chi connectivity index (χ3n) is 18.3. The Bertz CT molecular complexity index is 3940. The van der Waals surface area contributed by atoms with Gasteiger partial charge in [-0.05, 0) is 184 Å². The Morgan fingerprint density at radius 2 is 0.729 bits per heavy atom. The quantitative estimate of drug-likeness (QED) is 0.0597. The highest BCUT2D eigenvalue weighted by molar-refractivity contribution is 7.27. The molecule has 3 aromatic heterocycles. The number of anilines is 6. The Morgan fingerprint density at radius 1 is 0.329 bits per heavy atom. The number of fused-ring (bicyclic) bond motifs is 6. The third kappa shape index (κ3) is 10.4. The van der Waals surface area contributed by atoms with Crippen molar-refractivity contribution in [2.75, 3.05) is 9.80 Å². The molecule has 2 aliphatic rings. The molecule has 424 valence electrons. The van der Waals surface area contributed by atoms with Gasteiger partial charge >= 0.3 is 0 Å². The summed E-state index contributed by atoms with van der Waals surface area (Å²) >= 11 is 5.22. The number of rotatable bonds is 23. The molecule has 0 fully saturated rings. The number of benzene rings is 8. The molecule has 0 atom stereocenters. The minimum atomic E-state index is -0.0395. The van der Waals surface area contributed by atoms with Crippen LogP contribution >= 0.6 is 34.0 Å². The van der Waals surface area contributed by atoms with Crippen LogP contribution < -0.4 is 9.80 Å². The van der Waals surface area contributed by atoms with Crippen molar-refractivity contribution in [1.29, 1.82) is 0 Å². The molecule has 0 spiro atoms. The van der Waals surface area contributed by atoms with Gasteiger partial charge in [-0.3, -0.25) is 4.79 Å². The number of para-hydroxylation sites is 2. The van der Waals surface area contributed by atoms with Gasteiger partial charge in [-0.1, -0.05) is 200 Å². The fourth-order valence-electron chi connectivity index (χ4n) is 14.1. The Balaban J connectivity index is 0.944. The number of unbranched alkanes of at least 4 members (excludes halogenated alkanes) is 4. The highest BCUT2D eigenvalue weighted by atomic mass is 32.1. The average molecular weight is 1160 g/mol. The zero-order chi connectivity index (χ0) is 57.9. The van der Waals surface area contributed by atoms with Gasteiger partial charge in [0, 0.05) is 70.0 Å². The predicted molar refractivity (Wildman–Crippen MR) is 367 cm³/mol. The fraction of sp³-hybridized carbons (Fsp3) is 0.228. The van der Waals surface area contributed by atoms with E-state index in [0.29, 0.717) is 0 Å². The average Bonchev–Trinajstić information content (AvgIpc) is 4.53. The maximum Gasteiger partial charge on any atom is 0.160 e.